The summed E-state index contributed by atoms with van der Waals surface area (Å²) in [6.45, 7) is -0.142. The van der Waals surface area contributed by atoms with E-state index in [2.05, 4.69) is 15.9 Å². The minimum atomic E-state index is -0.233. The second-order valence-electron chi connectivity index (χ2n) is 6.92. The lowest BCUT2D eigenvalue weighted by atomic mass is 10.1. The van der Waals surface area contributed by atoms with Gasteiger partial charge in [0.05, 0.1) is 19.8 Å². The highest BCUT2D eigenvalue weighted by atomic mass is 79.9. The Kier molecular flexibility index (Phi) is 6.28. The highest BCUT2D eigenvalue weighted by molar-refractivity contribution is 9.10. The van der Waals surface area contributed by atoms with Gasteiger partial charge in [0.15, 0.2) is 18.1 Å². The normalized spacial score (nSPS) is 13.5. The molecule has 6 nitrogen and oxygen atoms in total. The van der Waals surface area contributed by atoms with E-state index in [1.54, 1.807) is 68.8 Å². The predicted octanol–water partition coefficient (Wildman–Crippen LogP) is 5.34. The molecule has 0 aliphatic carbocycles. The Morgan fingerprint density at radius 1 is 0.969 bits per heavy atom. The van der Waals surface area contributed by atoms with E-state index in [0.717, 1.165) is 4.47 Å². The SMILES string of the molecule is COc1ccc(C(=O)COc2ccc3c(c2)O/C(=C\c2cc(Br)ccc2OC)C3=O)cc1. The van der Waals surface area contributed by atoms with Gasteiger partial charge in [-0.3, -0.25) is 9.59 Å². The second-order valence-corrected chi connectivity index (χ2v) is 7.84. The van der Waals surface area contributed by atoms with Crippen LogP contribution < -0.4 is 18.9 Å². The minimum Gasteiger partial charge on any atom is -0.497 e. The quantitative estimate of drug-likeness (QED) is 0.326. The topological polar surface area (TPSA) is 71.1 Å². The fourth-order valence-electron chi connectivity index (χ4n) is 3.23. The van der Waals surface area contributed by atoms with Crippen molar-refractivity contribution in [2.75, 3.05) is 20.8 Å². The lowest BCUT2D eigenvalue weighted by Gasteiger charge is -2.07. The molecular formula is C25H19BrO6. The summed E-state index contributed by atoms with van der Waals surface area (Å²) in [5.41, 5.74) is 1.66. The van der Waals surface area contributed by atoms with Gasteiger partial charge >= 0.3 is 0 Å². The van der Waals surface area contributed by atoms with Crippen molar-refractivity contribution in [1.29, 1.82) is 0 Å². The van der Waals surface area contributed by atoms with Gasteiger partial charge < -0.3 is 18.9 Å². The number of rotatable bonds is 7. The zero-order valence-electron chi connectivity index (χ0n) is 17.4. The molecule has 162 valence electrons. The number of ketones is 2. The van der Waals surface area contributed by atoms with Gasteiger partial charge in [0.25, 0.3) is 0 Å². The summed E-state index contributed by atoms with van der Waals surface area (Å²) in [5.74, 6) is 1.88. The van der Waals surface area contributed by atoms with Crippen molar-refractivity contribution in [1.82, 2.24) is 0 Å². The summed E-state index contributed by atoms with van der Waals surface area (Å²) < 4.78 is 22.7. The standard InChI is InChI=1S/C25H19BrO6/c1-29-18-6-3-15(4-7-18)21(27)14-31-19-8-9-20-23(13-19)32-24(25(20)28)12-16-11-17(26)5-10-22(16)30-2/h3-13H,14H2,1-2H3/b24-12-. The second kappa shape index (κ2) is 9.28. The van der Waals surface area contributed by atoms with Crippen molar-refractivity contribution in [2.24, 2.45) is 0 Å². The van der Waals surface area contributed by atoms with Crippen LogP contribution in [0.4, 0.5) is 0 Å². The van der Waals surface area contributed by atoms with E-state index in [4.69, 9.17) is 18.9 Å². The molecule has 3 aromatic rings. The average molecular weight is 495 g/mol. The molecule has 7 heteroatoms. The summed E-state index contributed by atoms with van der Waals surface area (Å²) in [4.78, 5) is 25.1. The molecule has 1 aliphatic heterocycles. The lowest BCUT2D eigenvalue weighted by molar-refractivity contribution is 0.0920. The molecule has 0 amide bonds. The summed E-state index contributed by atoms with van der Waals surface area (Å²) >= 11 is 3.42. The van der Waals surface area contributed by atoms with E-state index < -0.39 is 0 Å². The molecule has 3 aromatic carbocycles. The Balaban J connectivity index is 1.48. The van der Waals surface area contributed by atoms with E-state index in [1.165, 1.54) is 0 Å². The van der Waals surface area contributed by atoms with Crippen molar-refractivity contribution < 1.29 is 28.5 Å². The van der Waals surface area contributed by atoms with E-state index in [9.17, 15) is 9.59 Å². The number of ether oxygens (including phenoxy) is 4. The maximum absolute atomic E-state index is 12.7. The average Bonchev–Trinajstić information content (AvgIpc) is 3.12. The first-order chi connectivity index (χ1) is 15.5. The van der Waals surface area contributed by atoms with E-state index in [0.29, 0.717) is 39.7 Å². The Morgan fingerprint density at radius 3 is 2.44 bits per heavy atom. The van der Waals surface area contributed by atoms with Gasteiger partial charge in [-0.25, -0.2) is 0 Å². The van der Waals surface area contributed by atoms with Gasteiger partial charge in [0, 0.05) is 21.7 Å². The Morgan fingerprint density at radius 2 is 1.72 bits per heavy atom. The lowest BCUT2D eigenvalue weighted by Crippen LogP contribution is -2.11. The predicted molar refractivity (Wildman–Crippen MR) is 123 cm³/mol. The molecule has 1 heterocycles. The third-order valence-electron chi connectivity index (χ3n) is 4.90. The number of halogens is 1. The van der Waals surface area contributed by atoms with Crippen LogP contribution in [0.5, 0.6) is 23.0 Å². The minimum absolute atomic E-state index is 0.142. The maximum Gasteiger partial charge on any atom is 0.231 e. The van der Waals surface area contributed by atoms with Gasteiger partial charge in [0.1, 0.15) is 23.0 Å². The van der Waals surface area contributed by atoms with Gasteiger partial charge in [-0.1, -0.05) is 15.9 Å². The molecule has 0 N–H and O–H groups in total. The molecule has 0 atom stereocenters. The summed E-state index contributed by atoms with van der Waals surface area (Å²) in [7, 11) is 3.13. The third kappa shape index (κ3) is 4.53. The van der Waals surface area contributed by atoms with E-state index in [1.807, 2.05) is 12.1 Å². The molecule has 0 unspecified atom stereocenters. The van der Waals surface area contributed by atoms with Crippen LogP contribution in [0.15, 0.2) is 70.9 Å². The Hall–Kier alpha value is -3.58. The molecule has 0 aromatic heterocycles. The molecule has 0 radical (unpaired) electrons. The van der Waals surface area contributed by atoms with Gasteiger partial charge in [-0.15, -0.1) is 0 Å². The van der Waals surface area contributed by atoms with Crippen molar-refractivity contribution in [2.45, 2.75) is 0 Å². The number of hydrogen-bond donors (Lipinski definition) is 0. The first-order valence-electron chi connectivity index (χ1n) is 9.70. The molecule has 0 saturated heterocycles. The van der Waals surface area contributed by atoms with Gasteiger partial charge in [0.2, 0.25) is 5.78 Å². The number of methoxy groups -OCH3 is 2. The van der Waals surface area contributed by atoms with Crippen LogP contribution in [-0.4, -0.2) is 32.4 Å². The van der Waals surface area contributed by atoms with Crippen LogP contribution in [0.1, 0.15) is 26.3 Å². The smallest absolute Gasteiger partial charge is 0.231 e. The highest BCUT2D eigenvalue weighted by Gasteiger charge is 2.28. The largest absolute Gasteiger partial charge is 0.497 e. The van der Waals surface area contributed by atoms with Crippen LogP contribution >= 0.6 is 15.9 Å². The molecule has 0 bridgehead atoms. The van der Waals surface area contributed by atoms with Crippen molar-refractivity contribution in [3.05, 3.63) is 87.6 Å². The molecule has 0 fully saturated rings. The molecule has 32 heavy (non-hydrogen) atoms. The number of Topliss-reactive ketones (excluding diaryl/α,β-unsaturated/α-hetero) is 2. The van der Waals surface area contributed by atoms with Crippen LogP contribution in [0.3, 0.4) is 0 Å². The van der Waals surface area contributed by atoms with Crippen LogP contribution in [-0.2, 0) is 0 Å². The fraction of sp³-hybridized carbons (Fsp3) is 0.120. The fourth-order valence-corrected chi connectivity index (χ4v) is 3.60. The number of fused-ring (bicyclic) bond motifs is 1. The monoisotopic (exact) mass is 494 g/mol. The first-order valence-corrected chi connectivity index (χ1v) is 10.5. The Bertz CT molecular complexity index is 1210. The highest BCUT2D eigenvalue weighted by Crippen LogP contribution is 2.36. The maximum atomic E-state index is 12.7. The van der Waals surface area contributed by atoms with Crippen molar-refractivity contribution in [3.63, 3.8) is 0 Å². The Labute approximate surface area is 193 Å². The van der Waals surface area contributed by atoms with Crippen molar-refractivity contribution in [3.8, 4) is 23.0 Å². The first kappa shape index (κ1) is 21.6. The molecular weight excluding hydrogens is 476 g/mol. The van der Waals surface area contributed by atoms with Crippen LogP contribution in [0, 0.1) is 0 Å². The van der Waals surface area contributed by atoms with Crippen LogP contribution in [0.25, 0.3) is 6.08 Å². The molecule has 4 rings (SSSR count). The number of hydrogen-bond acceptors (Lipinski definition) is 6. The van der Waals surface area contributed by atoms with Crippen molar-refractivity contribution >= 4 is 33.6 Å². The van der Waals surface area contributed by atoms with Gasteiger partial charge in [-0.05, 0) is 60.7 Å². The number of allylic oxidation sites excluding steroid dienone is 1. The summed E-state index contributed by atoms with van der Waals surface area (Å²) in [5, 5.41) is 0. The molecule has 1 aliphatic rings. The summed E-state index contributed by atoms with van der Waals surface area (Å²) in [6, 6.07) is 17.2. The number of carbonyl (C=O) groups is 2. The zero-order chi connectivity index (χ0) is 22.7. The molecule has 0 spiro atoms. The number of benzene rings is 3. The molecule has 0 saturated carbocycles. The zero-order valence-corrected chi connectivity index (χ0v) is 19.0. The van der Waals surface area contributed by atoms with Gasteiger partial charge in [-0.2, -0.15) is 0 Å². The summed E-state index contributed by atoms with van der Waals surface area (Å²) in [6.07, 6.45) is 1.64. The van der Waals surface area contributed by atoms with E-state index >= 15 is 0 Å². The number of carbonyl (C=O) groups excluding carboxylic acids is 2. The van der Waals surface area contributed by atoms with Crippen LogP contribution in [0.2, 0.25) is 0 Å². The van der Waals surface area contributed by atoms with E-state index in [-0.39, 0.29) is 23.9 Å². The third-order valence-corrected chi connectivity index (χ3v) is 5.39.